The molecular formula is C31H21BrCl3N3O5. The van der Waals surface area contributed by atoms with Crippen molar-refractivity contribution in [3.05, 3.63) is 109 Å². The van der Waals surface area contributed by atoms with Crippen molar-refractivity contribution in [2.24, 2.45) is 5.10 Å². The number of methoxy groups -OCH3 is 2. The summed E-state index contributed by atoms with van der Waals surface area (Å²) >= 11 is 22.1. The van der Waals surface area contributed by atoms with Crippen molar-refractivity contribution < 1.29 is 23.8 Å². The molecule has 8 nitrogen and oxygen atoms in total. The second-order valence-electron chi connectivity index (χ2n) is 8.97. The van der Waals surface area contributed by atoms with Gasteiger partial charge in [0.1, 0.15) is 22.9 Å². The average molecular weight is 702 g/mol. The van der Waals surface area contributed by atoms with Gasteiger partial charge in [-0.2, -0.15) is 5.10 Å². The predicted octanol–water partition coefficient (Wildman–Crippen LogP) is 8.56. The predicted molar refractivity (Wildman–Crippen MR) is 172 cm³/mol. The summed E-state index contributed by atoms with van der Waals surface area (Å²) < 4.78 is 17.4. The van der Waals surface area contributed by atoms with Crippen molar-refractivity contribution in [2.75, 3.05) is 14.2 Å². The quantitative estimate of drug-likeness (QED) is 0.0731. The molecule has 0 saturated heterocycles. The molecule has 0 spiro atoms. The highest BCUT2D eigenvalue weighted by Crippen LogP contribution is 2.44. The number of fused-ring (bicyclic) bond motifs is 1. The highest BCUT2D eigenvalue weighted by Gasteiger charge is 2.25. The first-order chi connectivity index (χ1) is 20.7. The number of amides is 1. The molecule has 0 aliphatic heterocycles. The van der Waals surface area contributed by atoms with E-state index in [2.05, 4.69) is 31.4 Å². The van der Waals surface area contributed by atoms with Crippen LogP contribution >= 0.6 is 50.7 Å². The molecule has 1 heterocycles. The number of nitrogens with one attached hydrogen (secondary N) is 2. The smallest absolute Gasteiger partial charge is 0.345 e. The van der Waals surface area contributed by atoms with Crippen LogP contribution in [0.3, 0.4) is 0 Å². The van der Waals surface area contributed by atoms with E-state index in [1.165, 1.54) is 38.6 Å². The molecule has 1 aromatic heterocycles. The maximum Gasteiger partial charge on any atom is 0.345 e. The largest absolute Gasteiger partial charge is 0.496 e. The lowest BCUT2D eigenvalue weighted by atomic mass is 10.0. The third kappa shape index (κ3) is 6.35. The van der Waals surface area contributed by atoms with Gasteiger partial charge in [0.25, 0.3) is 5.91 Å². The van der Waals surface area contributed by atoms with Crippen LogP contribution < -0.4 is 19.6 Å². The standard InChI is InChI=1S/C31H21BrCl3N3O5/c1-41-24-11-12-25(42-2)28-27(24)26(19-5-3-4-6-21(19)34)29(37-28)30(39)38-36-15-16-13-17(32)7-10-23(16)43-31(40)20-9-8-18(33)14-22(20)35/h3-15,37H,1-2H3,(H,38,39). The number of halogens is 4. The average Bonchev–Trinajstić information content (AvgIpc) is 3.39. The second-order valence-corrected chi connectivity index (χ2v) is 11.1. The lowest BCUT2D eigenvalue weighted by Gasteiger charge is -2.10. The van der Waals surface area contributed by atoms with E-state index in [9.17, 15) is 9.59 Å². The second kappa shape index (κ2) is 13.1. The molecule has 43 heavy (non-hydrogen) atoms. The van der Waals surface area contributed by atoms with Crippen molar-refractivity contribution in [1.82, 2.24) is 10.4 Å². The van der Waals surface area contributed by atoms with Crippen LogP contribution in [0.15, 0.2) is 82.4 Å². The normalized spacial score (nSPS) is 11.1. The summed E-state index contributed by atoms with van der Waals surface area (Å²) in [5.74, 6) is -0.0333. The minimum atomic E-state index is -0.687. The molecule has 12 heteroatoms. The highest BCUT2D eigenvalue weighted by atomic mass is 79.9. The van der Waals surface area contributed by atoms with Crippen molar-refractivity contribution in [3.8, 4) is 28.4 Å². The van der Waals surface area contributed by atoms with E-state index in [-0.39, 0.29) is 22.0 Å². The Hall–Kier alpha value is -4.02. The van der Waals surface area contributed by atoms with Gasteiger partial charge < -0.3 is 19.2 Å². The van der Waals surface area contributed by atoms with Crippen LogP contribution in [0.5, 0.6) is 17.2 Å². The molecule has 2 N–H and O–H groups in total. The number of ether oxygens (including phenoxy) is 3. The molecular weight excluding hydrogens is 681 g/mol. The van der Waals surface area contributed by atoms with Crippen molar-refractivity contribution >= 4 is 79.7 Å². The van der Waals surface area contributed by atoms with Crippen molar-refractivity contribution in [3.63, 3.8) is 0 Å². The van der Waals surface area contributed by atoms with Crippen LogP contribution in [0.1, 0.15) is 26.4 Å². The van der Waals surface area contributed by atoms with E-state index >= 15 is 0 Å². The number of carbonyl (C=O) groups is 2. The number of hydrogen-bond acceptors (Lipinski definition) is 6. The van der Waals surface area contributed by atoms with Gasteiger partial charge in [0.2, 0.25) is 0 Å². The summed E-state index contributed by atoms with van der Waals surface area (Å²) in [6, 6.07) is 20.1. The van der Waals surface area contributed by atoms with Crippen LogP contribution in [0, 0.1) is 0 Å². The van der Waals surface area contributed by atoms with Gasteiger partial charge in [-0.15, -0.1) is 0 Å². The lowest BCUT2D eigenvalue weighted by Crippen LogP contribution is -2.19. The van der Waals surface area contributed by atoms with Gasteiger partial charge in [0.05, 0.1) is 41.9 Å². The molecule has 0 aliphatic carbocycles. The van der Waals surface area contributed by atoms with Gasteiger partial charge in [-0.1, -0.05) is 68.9 Å². The molecule has 0 atom stereocenters. The van der Waals surface area contributed by atoms with Gasteiger partial charge in [0.15, 0.2) is 0 Å². The fraction of sp³-hybridized carbons (Fsp3) is 0.0645. The number of rotatable bonds is 8. The number of nitrogens with zero attached hydrogens (tertiary/aromatic N) is 1. The third-order valence-corrected chi connectivity index (χ3v) is 7.75. The van der Waals surface area contributed by atoms with Crippen LogP contribution in [0.4, 0.5) is 0 Å². The highest BCUT2D eigenvalue weighted by molar-refractivity contribution is 9.10. The number of aromatic nitrogens is 1. The Balaban J connectivity index is 1.49. The number of aromatic amines is 1. The zero-order valence-electron chi connectivity index (χ0n) is 22.5. The molecule has 0 bridgehead atoms. The fourth-order valence-corrected chi connectivity index (χ4v) is 5.53. The minimum Gasteiger partial charge on any atom is -0.496 e. The zero-order valence-corrected chi connectivity index (χ0v) is 26.4. The summed E-state index contributed by atoms with van der Waals surface area (Å²) in [6.45, 7) is 0. The van der Waals surface area contributed by atoms with Crippen LogP contribution in [-0.2, 0) is 0 Å². The molecule has 5 aromatic rings. The van der Waals surface area contributed by atoms with E-state index in [0.717, 1.165) is 0 Å². The number of H-pyrrole nitrogens is 1. The Morgan fingerprint density at radius 3 is 2.33 bits per heavy atom. The summed E-state index contributed by atoms with van der Waals surface area (Å²) in [5, 5.41) is 5.74. The van der Waals surface area contributed by atoms with Gasteiger partial charge in [0, 0.05) is 31.2 Å². The third-order valence-electron chi connectivity index (χ3n) is 6.38. The first kappa shape index (κ1) is 30.4. The lowest BCUT2D eigenvalue weighted by molar-refractivity contribution is 0.0734. The van der Waals surface area contributed by atoms with Gasteiger partial charge in [-0.3, -0.25) is 4.79 Å². The molecule has 0 fully saturated rings. The molecule has 1 amide bonds. The van der Waals surface area contributed by atoms with E-state index in [4.69, 9.17) is 49.0 Å². The number of esters is 1. The summed E-state index contributed by atoms with van der Waals surface area (Å²) in [7, 11) is 3.07. The molecule has 218 valence electrons. The maximum absolute atomic E-state index is 13.6. The number of carbonyl (C=O) groups excluding carboxylic acids is 2. The SMILES string of the molecule is COc1ccc(OC)c2c(-c3ccccc3Cl)c(C(=O)NN=Cc3cc(Br)ccc3OC(=O)c3ccc(Cl)cc3Cl)[nH]c12. The number of benzene rings is 4. The Morgan fingerprint density at radius 1 is 0.884 bits per heavy atom. The summed E-state index contributed by atoms with van der Waals surface area (Å²) in [6.07, 6.45) is 1.35. The first-order valence-corrected chi connectivity index (χ1v) is 14.5. The van der Waals surface area contributed by atoms with Gasteiger partial charge in [-0.25, -0.2) is 10.2 Å². The molecule has 0 aliphatic rings. The van der Waals surface area contributed by atoms with Gasteiger partial charge in [-0.05, 0) is 54.6 Å². The molecule has 4 aromatic carbocycles. The number of hydrazone groups is 1. The van der Waals surface area contributed by atoms with E-state index in [0.29, 0.717) is 53.6 Å². The van der Waals surface area contributed by atoms with E-state index in [1.54, 1.807) is 48.5 Å². The van der Waals surface area contributed by atoms with Gasteiger partial charge >= 0.3 is 5.97 Å². The van der Waals surface area contributed by atoms with Crippen LogP contribution in [0.25, 0.3) is 22.0 Å². The Labute approximate surface area is 269 Å². The Kier molecular flexibility index (Phi) is 9.27. The van der Waals surface area contributed by atoms with Crippen LogP contribution in [0.2, 0.25) is 15.1 Å². The van der Waals surface area contributed by atoms with Crippen molar-refractivity contribution in [2.45, 2.75) is 0 Å². The molecule has 0 radical (unpaired) electrons. The van der Waals surface area contributed by atoms with Crippen LogP contribution in [-0.4, -0.2) is 37.3 Å². The monoisotopic (exact) mass is 699 g/mol. The van der Waals surface area contributed by atoms with Crippen molar-refractivity contribution in [1.29, 1.82) is 0 Å². The van der Waals surface area contributed by atoms with E-state index < -0.39 is 11.9 Å². The molecule has 5 rings (SSSR count). The number of hydrogen-bond donors (Lipinski definition) is 2. The summed E-state index contributed by atoms with van der Waals surface area (Å²) in [5.41, 5.74) is 4.94. The fourth-order valence-electron chi connectivity index (χ4n) is 4.43. The van der Waals surface area contributed by atoms with E-state index in [1.807, 2.05) is 6.07 Å². The summed E-state index contributed by atoms with van der Waals surface area (Å²) in [4.78, 5) is 29.6. The molecule has 0 unspecified atom stereocenters. The maximum atomic E-state index is 13.6. The zero-order chi connectivity index (χ0) is 30.7. The molecule has 0 saturated carbocycles. The Morgan fingerprint density at radius 2 is 1.60 bits per heavy atom. The minimum absolute atomic E-state index is 0.141. The Bertz CT molecular complexity index is 1910. The topological polar surface area (TPSA) is 102 Å². The first-order valence-electron chi connectivity index (χ1n) is 12.5.